The zero-order valence-electron chi connectivity index (χ0n) is 10.1. The van der Waals surface area contributed by atoms with Gasteiger partial charge in [0.05, 0.1) is 5.75 Å². The van der Waals surface area contributed by atoms with E-state index in [1.54, 1.807) is 24.3 Å². The topological polar surface area (TPSA) is 101 Å². The molecule has 0 aromatic heterocycles. The van der Waals surface area contributed by atoms with Gasteiger partial charge in [-0.05, 0) is 30.7 Å². The van der Waals surface area contributed by atoms with Gasteiger partial charge in [-0.25, -0.2) is 8.42 Å². The fourth-order valence-corrected chi connectivity index (χ4v) is 2.02. The fraction of sp³-hybridized carbons (Fsp3) is 0.364. The van der Waals surface area contributed by atoms with Crippen LogP contribution in [0.25, 0.3) is 0 Å². The molecule has 1 aromatic rings. The molecule has 0 aliphatic heterocycles. The normalized spacial score (nSPS) is 11.0. The molecule has 0 saturated carbocycles. The molecule has 0 saturated heterocycles. The molecule has 100 valence electrons. The molecule has 6 nitrogen and oxygen atoms in total. The van der Waals surface area contributed by atoms with Gasteiger partial charge < -0.3 is 10.7 Å². The Morgan fingerprint density at radius 3 is 2.39 bits per heavy atom. The summed E-state index contributed by atoms with van der Waals surface area (Å²) < 4.78 is 21.8. The number of carbonyl (C=O) groups excluding carboxylic acids is 1. The van der Waals surface area contributed by atoms with E-state index in [4.69, 9.17) is 5.84 Å². The molecule has 18 heavy (non-hydrogen) atoms. The highest BCUT2D eigenvalue weighted by Gasteiger charge is 2.06. The van der Waals surface area contributed by atoms with Crippen LogP contribution in [0.1, 0.15) is 16.8 Å². The molecule has 0 aliphatic carbocycles. The van der Waals surface area contributed by atoms with E-state index in [1.807, 2.05) is 0 Å². The minimum atomic E-state index is -2.97. The Morgan fingerprint density at radius 2 is 1.89 bits per heavy atom. The summed E-state index contributed by atoms with van der Waals surface area (Å²) in [6.07, 6.45) is 1.58. The number of nitrogens with one attached hydrogen (secondary N) is 2. The molecule has 0 radical (unpaired) electrons. The van der Waals surface area contributed by atoms with Gasteiger partial charge in [0.2, 0.25) is 0 Å². The zero-order valence-corrected chi connectivity index (χ0v) is 11.0. The van der Waals surface area contributed by atoms with E-state index in [1.165, 1.54) is 6.26 Å². The number of rotatable bonds is 6. The molecular weight excluding hydrogens is 254 g/mol. The summed E-state index contributed by atoms with van der Waals surface area (Å²) in [5.41, 5.74) is 3.68. The molecule has 4 N–H and O–H groups in total. The monoisotopic (exact) mass is 271 g/mol. The Labute approximate surface area is 106 Å². The first-order valence-corrected chi connectivity index (χ1v) is 7.51. The number of hydrazine groups is 1. The van der Waals surface area contributed by atoms with Crippen molar-refractivity contribution < 1.29 is 13.2 Å². The maximum Gasteiger partial charge on any atom is 0.251 e. The highest BCUT2D eigenvalue weighted by atomic mass is 32.2. The van der Waals surface area contributed by atoms with E-state index in [2.05, 4.69) is 10.7 Å². The van der Waals surface area contributed by atoms with Crippen LogP contribution in [-0.2, 0) is 9.84 Å². The van der Waals surface area contributed by atoms with Crippen molar-refractivity contribution in [2.45, 2.75) is 6.42 Å². The maximum absolute atomic E-state index is 11.7. The van der Waals surface area contributed by atoms with Crippen LogP contribution >= 0.6 is 0 Å². The van der Waals surface area contributed by atoms with Crippen molar-refractivity contribution >= 4 is 21.4 Å². The van der Waals surface area contributed by atoms with Crippen LogP contribution in [0.15, 0.2) is 24.3 Å². The molecule has 0 spiro atoms. The van der Waals surface area contributed by atoms with E-state index in [9.17, 15) is 13.2 Å². The summed E-state index contributed by atoms with van der Waals surface area (Å²) >= 11 is 0. The summed E-state index contributed by atoms with van der Waals surface area (Å²) in [4.78, 5) is 11.7. The number of nitrogen functional groups attached to an aromatic ring is 1. The van der Waals surface area contributed by atoms with Crippen molar-refractivity contribution in [1.29, 1.82) is 0 Å². The predicted molar refractivity (Wildman–Crippen MR) is 70.9 cm³/mol. The lowest BCUT2D eigenvalue weighted by Gasteiger charge is -2.05. The lowest BCUT2D eigenvalue weighted by Crippen LogP contribution is -2.25. The number of sulfone groups is 1. The van der Waals surface area contributed by atoms with Gasteiger partial charge in [-0.2, -0.15) is 0 Å². The molecule has 0 atom stereocenters. The minimum Gasteiger partial charge on any atom is -0.352 e. The number of amides is 1. The van der Waals surface area contributed by atoms with Gasteiger partial charge in [0.1, 0.15) is 9.84 Å². The van der Waals surface area contributed by atoms with E-state index < -0.39 is 9.84 Å². The lowest BCUT2D eigenvalue weighted by molar-refractivity contribution is 0.0953. The van der Waals surface area contributed by atoms with E-state index in [0.29, 0.717) is 24.2 Å². The largest absolute Gasteiger partial charge is 0.352 e. The van der Waals surface area contributed by atoms with Crippen LogP contribution in [0.4, 0.5) is 5.69 Å². The summed E-state index contributed by atoms with van der Waals surface area (Å²) in [6.45, 7) is 0.336. The number of carbonyl (C=O) groups is 1. The first-order valence-electron chi connectivity index (χ1n) is 5.45. The van der Waals surface area contributed by atoms with Gasteiger partial charge in [0, 0.05) is 24.1 Å². The van der Waals surface area contributed by atoms with Crippen LogP contribution < -0.4 is 16.6 Å². The summed E-state index contributed by atoms with van der Waals surface area (Å²) in [7, 11) is -2.97. The summed E-state index contributed by atoms with van der Waals surface area (Å²) in [5, 5.41) is 2.65. The third kappa shape index (κ3) is 5.15. The van der Waals surface area contributed by atoms with Crippen LogP contribution in [0.2, 0.25) is 0 Å². The first-order chi connectivity index (χ1) is 8.42. The number of anilines is 1. The van der Waals surface area contributed by atoms with Crippen molar-refractivity contribution in [2.75, 3.05) is 24.0 Å². The Kier molecular flexibility index (Phi) is 5.11. The summed E-state index contributed by atoms with van der Waals surface area (Å²) in [5.74, 6) is 5.05. The second kappa shape index (κ2) is 6.36. The average Bonchev–Trinajstić information content (AvgIpc) is 2.33. The van der Waals surface area contributed by atoms with Crippen LogP contribution in [0.3, 0.4) is 0 Å². The highest BCUT2D eigenvalue weighted by molar-refractivity contribution is 7.90. The Hall–Kier alpha value is -1.60. The Balaban J connectivity index is 2.40. The molecule has 0 bridgehead atoms. The molecule has 0 aliphatic rings. The van der Waals surface area contributed by atoms with Gasteiger partial charge in [-0.15, -0.1) is 0 Å². The number of hydrogen-bond donors (Lipinski definition) is 3. The molecule has 1 aromatic carbocycles. The smallest absolute Gasteiger partial charge is 0.251 e. The van der Waals surface area contributed by atoms with Crippen LogP contribution in [-0.4, -0.2) is 32.9 Å². The van der Waals surface area contributed by atoms with Gasteiger partial charge in [0.15, 0.2) is 0 Å². The van der Waals surface area contributed by atoms with Crippen molar-refractivity contribution in [1.82, 2.24) is 5.32 Å². The van der Waals surface area contributed by atoms with Gasteiger partial charge in [-0.1, -0.05) is 0 Å². The molecule has 0 unspecified atom stereocenters. The molecular formula is C11H17N3O3S. The highest BCUT2D eigenvalue weighted by Crippen LogP contribution is 2.07. The average molecular weight is 271 g/mol. The Bertz CT molecular complexity index is 497. The SMILES string of the molecule is CS(=O)(=O)CCCNC(=O)c1ccc(NN)cc1. The summed E-state index contributed by atoms with van der Waals surface area (Å²) in [6, 6.07) is 6.65. The van der Waals surface area contributed by atoms with Crippen molar-refractivity contribution in [3.05, 3.63) is 29.8 Å². The first kappa shape index (κ1) is 14.5. The van der Waals surface area contributed by atoms with E-state index in [0.717, 1.165) is 0 Å². The molecule has 1 rings (SSSR count). The number of benzene rings is 1. The fourth-order valence-electron chi connectivity index (χ4n) is 1.36. The third-order valence-electron chi connectivity index (χ3n) is 2.29. The molecule has 0 heterocycles. The quantitative estimate of drug-likeness (QED) is 0.388. The van der Waals surface area contributed by atoms with Crippen molar-refractivity contribution in [3.8, 4) is 0 Å². The van der Waals surface area contributed by atoms with Crippen molar-refractivity contribution in [2.24, 2.45) is 5.84 Å². The Morgan fingerprint density at radius 1 is 1.28 bits per heavy atom. The van der Waals surface area contributed by atoms with Gasteiger partial charge in [0.25, 0.3) is 5.91 Å². The zero-order chi connectivity index (χ0) is 13.6. The second-order valence-corrected chi connectivity index (χ2v) is 6.22. The third-order valence-corrected chi connectivity index (χ3v) is 3.32. The maximum atomic E-state index is 11.7. The predicted octanol–water partition coefficient (Wildman–Crippen LogP) is 0.137. The minimum absolute atomic E-state index is 0.0727. The number of nitrogens with two attached hydrogens (primary N) is 1. The van der Waals surface area contributed by atoms with Crippen LogP contribution in [0, 0.1) is 0 Å². The van der Waals surface area contributed by atoms with E-state index in [-0.39, 0.29) is 11.7 Å². The van der Waals surface area contributed by atoms with Gasteiger partial charge >= 0.3 is 0 Å². The molecule has 7 heteroatoms. The second-order valence-electron chi connectivity index (χ2n) is 3.96. The molecule has 1 amide bonds. The van der Waals surface area contributed by atoms with Crippen molar-refractivity contribution in [3.63, 3.8) is 0 Å². The van der Waals surface area contributed by atoms with E-state index >= 15 is 0 Å². The van der Waals surface area contributed by atoms with Gasteiger partial charge in [-0.3, -0.25) is 10.6 Å². The standard InChI is InChI=1S/C11H17N3O3S/c1-18(16,17)8-2-7-13-11(15)9-3-5-10(14-12)6-4-9/h3-6,14H,2,7-8,12H2,1H3,(H,13,15). The lowest BCUT2D eigenvalue weighted by atomic mass is 10.2. The molecule has 0 fully saturated rings. The van der Waals surface area contributed by atoms with Crippen LogP contribution in [0.5, 0.6) is 0 Å². The number of hydrogen-bond acceptors (Lipinski definition) is 5.